The molecule has 0 atom stereocenters. The summed E-state index contributed by atoms with van der Waals surface area (Å²) >= 11 is 0. The van der Waals surface area contributed by atoms with Gasteiger partial charge in [0.1, 0.15) is 12.1 Å². The molecule has 0 bridgehead atoms. The highest BCUT2D eigenvalue weighted by Gasteiger charge is 2.23. The quantitative estimate of drug-likeness (QED) is 0.839. The Kier molecular flexibility index (Phi) is 4.33. The molecular weight excluding hydrogens is 321 g/mol. The number of hydrogen-bond donors (Lipinski definition) is 0. The van der Waals surface area contributed by atoms with Gasteiger partial charge in [-0.05, 0) is 19.8 Å². The molecule has 0 amide bonds. The van der Waals surface area contributed by atoms with Crippen molar-refractivity contribution in [3.8, 4) is 0 Å². The van der Waals surface area contributed by atoms with Crippen LogP contribution in [0.25, 0.3) is 0 Å². The van der Waals surface area contributed by atoms with Crippen molar-refractivity contribution in [2.75, 3.05) is 54.0 Å². The predicted molar refractivity (Wildman–Crippen MR) is 94.6 cm³/mol. The summed E-state index contributed by atoms with van der Waals surface area (Å²) < 4.78 is 13.9. The minimum absolute atomic E-state index is 0.373. The van der Waals surface area contributed by atoms with E-state index in [1.807, 2.05) is 11.8 Å². The van der Waals surface area contributed by atoms with Crippen molar-refractivity contribution < 1.29 is 4.39 Å². The van der Waals surface area contributed by atoms with Gasteiger partial charge in [-0.1, -0.05) is 0 Å². The van der Waals surface area contributed by atoms with E-state index in [9.17, 15) is 4.39 Å². The fourth-order valence-corrected chi connectivity index (χ4v) is 3.44. The van der Waals surface area contributed by atoms with Crippen LogP contribution in [0.2, 0.25) is 0 Å². The Morgan fingerprint density at radius 2 is 1.64 bits per heavy atom. The van der Waals surface area contributed by atoms with Gasteiger partial charge in [-0.3, -0.25) is 0 Å². The summed E-state index contributed by atoms with van der Waals surface area (Å²) in [4.78, 5) is 23.6. The van der Waals surface area contributed by atoms with Gasteiger partial charge in [0.2, 0.25) is 5.95 Å². The van der Waals surface area contributed by atoms with Crippen LogP contribution in [-0.2, 0) is 0 Å². The molecule has 2 aromatic rings. The van der Waals surface area contributed by atoms with E-state index in [0.717, 1.165) is 43.6 Å². The molecule has 2 aliphatic heterocycles. The van der Waals surface area contributed by atoms with E-state index in [2.05, 4.69) is 30.8 Å². The van der Waals surface area contributed by atoms with E-state index >= 15 is 0 Å². The maximum absolute atomic E-state index is 13.9. The van der Waals surface area contributed by atoms with Gasteiger partial charge in [0.15, 0.2) is 11.6 Å². The number of nitrogens with zero attached hydrogens (tertiary/aromatic N) is 7. The lowest BCUT2D eigenvalue weighted by Gasteiger charge is -2.35. The molecule has 8 heteroatoms. The number of hydrogen-bond acceptors (Lipinski definition) is 7. The Morgan fingerprint density at radius 3 is 2.36 bits per heavy atom. The third-order valence-electron chi connectivity index (χ3n) is 4.77. The number of piperazine rings is 1. The molecular formula is C17H22FN7. The average Bonchev–Trinajstić information content (AvgIpc) is 3.17. The summed E-state index contributed by atoms with van der Waals surface area (Å²) in [6, 6.07) is 2.06. The van der Waals surface area contributed by atoms with Gasteiger partial charge in [0, 0.05) is 51.0 Å². The second-order valence-corrected chi connectivity index (χ2v) is 6.53. The zero-order chi connectivity index (χ0) is 17.2. The highest BCUT2D eigenvalue weighted by Crippen LogP contribution is 2.23. The predicted octanol–water partition coefficient (Wildman–Crippen LogP) is 1.64. The molecule has 0 aromatic carbocycles. The van der Waals surface area contributed by atoms with Gasteiger partial charge in [0.05, 0.1) is 6.20 Å². The standard InChI is InChI=1S/C17H22FN7/c1-13-10-15(23-4-2-3-5-23)22-17(21-13)25-8-6-24(7-9-25)16-14(18)11-19-12-20-16/h10-12H,2-9H2,1H3. The van der Waals surface area contributed by atoms with Crippen molar-refractivity contribution in [2.45, 2.75) is 19.8 Å². The van der Waals surface area contributed by atoms with Gasteiger partial charge in [-0.2, -0.15) is 4.98 Å². The lowest BCUT2D eigenvalue weighted by Crippen LogP contribution is -2.47. The zero-order valence-corrected chi connectivity index (χ0v) is 14.4. The van der Waals surface area contributed by atoms with Crippen LogP contribution in [0.4, 0.5) is 22.0 Å². The summed E-state index contributed by atoms with van der Waals surface area (Å²) in [5.41, 5.74) is 0.983. The molecule has 7 nitrogen and oxygen atoms in total. The summed E-state index contributed by atoms with van der Waals surface area (Å²) in [6.45, 7) is 7.00. The van der Waals surface area contributed by atoms with Gasteiger partial charge < -0.3 is 14.7 Å². The van der Waals surface area contributed by atoms with Crippen LogP contribution < -0.4 is 14.7 Å². The van der Waals surface area contributed by atoms with Crippen molar-refractivity contribution in [3.05, 3.63) is 30.1 Å². The number of aryl methyl sites for hydroxylation is 1. The number of halogens is 1. The molecule has 0 spiro atoms. The Hall–Kier alpha value is -2.51. The third kappa shape index (κ3) is 3.33. The lowest BCUT2D eigenvalue weighted by molar-refractivity contribution is 0.579. The van der Waals surface area contributed by atoms with Crippen molar-refractivity contribution in [3.63, 3.8) is 0 Å². The molecule has 0 radical (unpaired) electrons. The van der Waals surface area contributed by atoms with E-state index < -0.39 is 0 Å². The second-order valence-electron chi connectivity index (χ2n) is 6.53. The molecule has 132 valence electrons. The minimum atomic E-state index is -0.376. The van der Waals surface area contributed by atoms with E-state index in [1.54, 1.807) is 0 Å². The van der Waals surface area contributed by atoms with Gasteiger partial charge >= 0.3 is 0 Å². The largest absolute Gasteiger partial charge is 0.356 e. The monoisotopic (exact) mass is 343 g/mol. The first-order chi connectivity index (χ1) is 12.2. The Bertz CT molecular complexity index is 740. The Balaban J connectivity index is 1.48. The molecule has 0 N–H and O–H groups in total. The molecule has 2 aromatic heterocycles. The summed E-state index contributed by atoms with van der Waals surface area (Å²) in [5, 5.41) is 0. The van der Waals surface area contributed by atoms with Gasteiger partial charge in [-0.15, -0.1) is 0 Å². The first-order valence-corrected chi connectivity index (χ1v) is 8.77. The summed E-state index contributed by atoms with van der Waals surface area (Å²) in [5.74, 6) is 1.78. The summed E-state index contributed by atoms with van der Waals surface area (Å²) in [6.07, 6.45) is 5.04. The van der Waals surface area contributed by atoms with Crippen LogP contribution in [0.5, 0.6) is 0 Å². The Morgan fingerprint density at radius 1 is 0.920 bits per heavy atom. The van der Waals surface area contributed by atoms with Crippen LogP contribution >= 0.6 is 0 Å². The fraction of sp³-hybridized carbons (Fsp3) is 0.529. The van der Waals surface area contributed by atoms with E-state index in [4.69, 9.17) is 4.98 Å². The topological polar surface area (TPSA) is 61.3 Å². The van der Waals surface area contributed by atoms with Crippen LogP contribution in [0.1, 0.15) is 18.5 Å². The van der Waals surface area contributed by atoms with Gasteiger partial charge in [-0.25, -0.2) is 19.3 Å². The molecule has 4 heterocycles. The molecule has 2 aliphatic rings. The normalized spacial score (nSPS) is 18.1. The number of anilines is 3. The smallest absolute Gasteiger partial charge is 0.227 e. The highest BCUT2D eigenvalue weighted by atomic mass is 19.1. The van der Waals surface area contributed by atoms with Crippen molar-refractivity contribution in [2.24, 2.45) is 0 Å². The molecule has 0 saturated carbocycles. The molecule has 2 fully saturated rings. The SMILES string of the molecule is Cc1cc(N2CCCC2)nc(N2CCN(c3ncncc3F)CC2)n1. The highest BCUT2D eigenvalue weighted by molar-refractivity contribution is 5.48. The maximum atomic E-state index is 13.9. The average molecular weight is 343 g/mol. The Labute approximate surface area is 146 Å². The molecule has 0 unspecified atom stereocenters. The molecule has 25 heavy (non-hydrogen) atoms. The van der Waals surface area contributed by atoms with Crippen LogP contribution in [0.3, 0.4) is 0 Å². The second kappa shape index (κ2) is 6.78. The maximum Gasteiger partial charge on any atom is 0.227 e. The first kappa shape index (κ1) is 16.0. The lowest BCUT2D eigenvalue weighted by atomic mass is 10.3. The van der Waals surface area contributed by atoms with Crippen LogP contribution in [-0.4, -0.2) is 59.2 Å². The molecule has 2 saturated heterocycles. The first-order valence-electron chi connectivity index (χ1n) is 8.77. The van der Waals surface area contributed by atoms with Crippen molar-refractivity contribution in [1.29, 1.82) is 0 Å². The van der Waals surface area contributed by atoms with Crippen LogP contribution in [0.15, 0.2) is 18.6 Å². The third-order valence-corrected chi connectivity index (χ3v) is 4.77. The zero-order valence-electron chi connectivity index (χ0n) is 14.4. The number of rotatable bonds is 3. The number of aromatic nitrogens is 4. The van der Waals surface area contributed by atoms with E-state index in [1.165, 1.54) is 25.4 Å². The fourth-order valence-electron chi connectivity index (χ4n) is 3.44. The van der Waals surface area contributed by atoms with E-state index in [0.29, 0.717) is 18.9 Å². The molecule has 0 aliphatic carbocycles. The van der Waals surface area contributed by atoms with Crippen molar-refractivity contribution in [1.82, 2.24) is 19.9 Å². The molecule has 4 rings (SSSR count). The summed E-state index contributed by atoms with van der Waals surface area (Å²) in [7, 11) is 0. The van der Waals surface area contributed by atoms with E-state index in [-0.39, 0.29) is 5.82 Å². The van der Waals surface area contributed by atoms with Gasteiger partial charge in [0.25, 0.3) is 0 Å². The van der Waals surface area contributed by atoms with Crippen LogP contribution in [0, 0.1) is 12.7 Å². The van der Waals surface area contributed by atoms with Crippen molar-refractivity contribution >= 4 is 17.6 Å². The minimum Gasteiger partial charge on any atom is -0.356 e.